The molecule has 5 heteroatoms. The van der Waals surface area contributed by atoms with Crippen LogP contribution in [0.2, 0.25) is 0 Å². The van der Waals surface area contributed by atoms with Crippen molar-refractivity contribution in [2.45, 2.75) is 18.1 Å². The summed E-state index contributed by atoms with van der Waals surface area (Å²) in [5.41, 5.74) is 0.745. The number of nitrogens with zero attached hydrogens (tertiary/aromatic N) is 1. The zero-order chi connectivity index (χ0) is 19.7. The molecule has 1 heterocycles. The van der Waals surface area contributed by atoms with Crippen LogP contribution in [0.25, 0.3) is 0 Å². The van der Waals surface area contributed by atoms with Crippen molar-refractivity contribution >= 4 is 11.8 Å². The van der Waals surface area contributed by atoms with Gasteiger partial charge in [-0.15, -0.1) is 0 Å². The van der Waals surface area contributed by atoms with Crippen LogP contribution in [0.5, 0.6) is 0 Å². The Bertz CT molecular complexity index is 633. The van der Waals surface area contributed by atoms with Gasteiger partial charge in [0.1, 0.15) is 5.60 Å². The largest absolute Gasteiger partial charge is 0.379 e. The van der Waals surface area contributed by atoms with Crippen LogP contribution >= 0.6 is 11.8 Å². The summed E-state index contributed by atoms with van der Waals surface area (Å²) in [6, 6.07) is 20.0. The van der Waals surface area contributed by atoms with E-state index in [2.05, 4.69) is 11.2 Å². The van der Waals surface area contributed by atoms with Crippen LogP contribution in [0.3, 0.4) is 0 Å². The maximum Gasteiger partial charge on any atom is 0.130 e. The molecule has 0 radical (unpaired) electrons. The molecule has 152 valence electrons. The first kappa shape index (κ1) is 21.3. The second kappa shape index (κ2) is 11.0. The molecule has 0 saturated carbocycles. The Kier molecular flexibility index (Phi) is 8.37. The van der Waals surface area contributed by atoms with E-state index in [1.54, 1.807) is 0 Å². The number of aliphatic hydroxyl groups is 1. The fourth-order valence-electron chi connectivity index (χ4n) is 3.93. The quantitative estimate of drug-likeness (QED) is 0.770. The van der Waals surface area contributed by atoms with Gasteiger partial charge in [0.25, 0.3) is 0 Å². The molecular formula is C23H31NO3S. The summed E-state index contributed by atoms with van der Waals surface area (Å²) >= 11 is 1.81. The van der Waals surface area contributed by atoms with Gasteiger partial charge in [0.15, 0.2) is 0 Å². The predicted octanol–water partition coefficient (Wildman–Crippen LogP) is 3.39. The van der Waals surface area contributed by atoms with Crippen molar-refractivity contribution in [2.75, 3.05) is 51.5 Å². The Balaban J connectivity index is 2.03. The van der Waals surface area contributed by atoms with Crippen LogP contribution in [0.4, 0.5) is 0 Å². The molecule has 0 unspecified atom stereocenters. The van der Waals surface area contributed by atoms with Crippen molar-refractivity contribution in [3.05, 3.63) is 71.8 Å². The van der Waals surface area contributed by atoms with Gasteiger partial charge >= 0.3 is 0 Å². The maximum absolute atomic E-state index is 12.3. The van der Waals surface area contributed by atoms with Crippen molar-refractivity contribution in [3.63, 3.8) is 0 Å². The first-order chi connectivity index (χ1) is 13.8. The van der Waals surface area contributed by atoms with Gasteiger partial charge in [0, 0.05) is 19.1 Å². The number of thioether (sulfide) groups is 1. The lowest BCUT2D eigenvalue weighted by Crippen LogP contribution is -2.53. The standard InChI is InChI=1S/C23H31NO3S/c1-28-19-12-22(24-13-15-26-17-18-27-16-14-24)23(25,20-8-4-2-5-9-20)21-10-6-3-7-11-21/h2-11,22,25H,12-19H2,1H3/t22-/m0/s1. The average molecular weight is 402 g/mol. The summed E-state index contributed by atoms with van der Waals surface area (Å²) in [6.07, 6.45) is 2.99. The van der Waals surface area contributed by atoms with E-state index in [0.717, 1.165) is 36.4 Å². The van der Waals surface area contributed by atoms with Gasteiger partial charge in [-0.1, -0.05) is 60.7 Å². The van der Waals surface area contributed by atoms with Crippen LogP contribution in [-0.4, -0.2) is 67.6 Å². The monoisotopic (exact) mass is 401 g/mol. The first-order valence-electron chi connectivity index (χ1n) is 9.98. The number of hydrogen-bond acceptors (Lipinski definition) is 5. The van der Waals surface area contributed by atoms with Crippen molar-refractivity contribution in [1.29, 1.82) is 0 Å². The molecule has 4 nitrogen and oxygen atoms in total. The minimum atomic E-state index is -1.10. The van der Waals surface area contributed by atoms with Crippen molar-refractivity contribution < 1.29 is 14.6 Å². The molecule has 1 atom stereocenters. The van der Waals surface area contributed by atoms with Crippen LogP contribution in [0.1, 0.15) is 17.5 Å². The Labute approximate surface area is 172 Å². The fraction of sp³-hybridized carbons (Fsp3) is 0.478. The predicted molar refractivity (Wildman–Crippen MR) is 116 cm³/mol. The molecule has 1 aliphatic heterocycles. The lowest BCUT2D eigenvalue weighted by molar-refractivity contribution is -0.0320. The molecular weight excluding hydrogens is 370 g/mol. The van der Waals surface area contributed by atoms with Crippen molar-refractivity contribution in [3.8, 4) is 0 Å². The van der Waals surface area contributed by atoms with Gasteiger partial charge in [-0.2, -0.15) is 11.8 Å². The van der Waals surface area contributed by atoms with E-state index in [4.69, 9.17) is 9.47 Å². The van der Waals surface area contributed by atoms with E-state index in [9.17, 15) is 5.11 Å². The van der Waals surface area contributed by atoms with Gasteiger partial charge < -0.3 is 14.6 Å². The Morgan fingerprint density at radius 3 is 1.86 bits per heavy atom. The molecule has 0 aliphatic carbocycles. The molecule has 1 aliphatic rings. The molecule has 3 rings (SSSR count). The number of ether oxygens (including phenoxy) is 2. The van der Waals surface area contributed by atoms with E-state index >= 15 is 0 Å². The fourth-order valence-corrected chi connectivity index (χ4v) is 4.39. The van der Waals surface area contributed by atoms with Crippen LogP contribution in [-0.2, 0) is 15.1 Å². The number of hydrogen-bond donors (Lipinski definition) is 1. The normalized spacial score (nSPS) is 18.1. The molecule has 0 spiro atoms. The van der Waals surface area contributed by atoms with Crippen LogP contribution < -0.4 is 0 Å². The molecule has 0 aromatic heterocycles. The van der Waals surface area contributed by atoms with E-state index in [-0.39, 0.29) is 6.04 Å². The lowest BCUT2D eigenvalue weighted by Gasteiger charge is -2.44. The van der Waals surface area contributed by atoms with Gasteiger partial charge in [0.05, 0.1) is 26.4 Å². The smallest absolute Gasteiger partial charge is 0.130 e. The molecule has 1 saturated heterocycles. The van der Waals surface area contributed by atoms with Gasteiger partial charge in [-0.05, 0) is 29.6 Å². The molecule has 2 aromatic rings. The third kappa shape index (κ3) is 5.16. The van der Waals surface area contributed by atoms with Crippen LogP contribution in [0, 0.1) is 0 Å². The van der Waals surface area contributed by atoms with Gasteiger partial charge in [0.2, 0.25) is 0 Å². The summed E-state index contributed by atoms with van der Waals surface area (Å²) in [4.78, 5) is 2.35. The molecule has 0 bridgehead atoms. The molecule has 28 heavy (non-hydrogen) atoms. The molecule has 0 amide bonds. The highest BCUT2D eigenvalue weighted by Crippen LogP contribution is 2.37. The van der Waals surface area contributed by atoms with Crippen molar-refractivity contribution in [2.24, 2.45) is 0 Å². The zero-order valence-electron chi connectivity index (χ0n) is 16.6. The average Bonchev–Trinajstić information content (AvgIpc) is 2.89. The summed E-state index contributed by atoms with van der Waals surface area (Å²) in [7, 11) is 0. The topological polar surface area (TPSA) is 41.9 Å². The van der Waals surface area contributed by atoms with E-state index in [1.807, 2.05) is 72.4 Å². The second-order valence-electron chi connectivity index (χ2n) is 7.06. The van der Waals surface area contributed by atoms with Gasteiger partial charge in [-0.3, -0.25) is 4.90 Å². The first-order valence-corrected chi connectivity index (χ1v) is 11.4. The number of rotatable bonds is 7. The van der Waals surface area contributed by atoms with Crippen molar-refractivity contribution in [1.82, 2.24) is 4.90 Å². The Morgan fingerprint density at radius 1 is 0.893 bits per heavy atom. The summed E-state index contributed by atoms with van der Waals surface area (Å²) in [6.45, 7) is 4.13. The highest BCUT2D eigenvalue weighted by atomic mass is 32.2. The van der Waals surface area contributed by atoms with E-state index in [1.165, 1.54) is 0 Å². The summed E-state index contributed by atoms with van der Waals surface area (Å²) in [5.74, 6) is 0.977. The minimum Gasteiger partial charge on any atom is -0.379 e. The molecule has 1 fully saturated rings. The van der Waals surface area contributed by atoms with Crippen LogP contribution in [0.15, 0.2) is 60.7 Å². The van der Waals surface area contributed by atoms with E-state index < -0.39 is 5.60 Å². The Morgan fingerprint density at radius 2 is 1.39 bits per heavy atom. The minimum absolute atomic E-state index is 0.0740. The zero-order valence-corrected chi connectivity index (χ0v) is 17.4. The second-order valence-corrected chi connectivity index (χ2v) is 8.04. The summed E-state index contributed by atoms with van der Waals surface area (Å²) in [5, 5.41) is 12.3. The Hall–Kier alpha value is -1.37. The summed E-state index contributed by atoms with van der Waals surface area (Å²) < 4.78 is 11.4. The highest BCUT2D eigenvalue weighted by molar-refractivity contribution is 7.98. The SMILES string of the molecule is CSCC[C@H](N1CCOCCOCC1)C(O)(c1ccccc1)c1ccccc1. The molecule has 1 N–H and O–H groups in total. The molecule has 2 aromatic carbocycles. The maximum atomic E-state index is 12.3. The third-order valence-electron chi connectivity index (χ3n) is 5.36. The lowest BCUT2D eigenvalue weighted by atomic mass is 9.78. The highest BCUT2D eigenvalue weighted by Gasteiger charge is 2.42. The van der Waals surface area contributed by atoms with Gasteiger partial charge in [-0.25, -0.2) is 0 Å². The third-order valence-corrected chi connectivity index (χ3v) is 6.01. The number of benzene rings is 2. The van der Waals surface area contributed by atoms with E-state index in [0.29, 0.717) is 26.4 Å².